The zero-order chi connectivity index (χ0) is 22.1. The van der Waals surface area contributed by atoms with Gasteiger partial charge in [-0.25, -0.2) is 9.50 Å². The molecule has 0 aromatic carbocycles. The quantitative estimate of drug-likeness (QED) is 0.647. The summed E-state index contributed by atoms with van der Waals surface area (Å²) in [5.41, 5.74) is 4.99. The highest BCUT2D eigenvalue weighted by molar-refractivity contribution is 5.72. The molecule has 4 atom stereocenters. The SMILES string of the molecule is CC(=O)OC[C@H]1O[C@@](C#N)(c2ccc3c(N)ncnn23)C[C@H](O)[C@@H]1OC(=O)C(C)C. The van der Waals surface area contributed by atoms with Crippen LogP contribution in [0.15, 0.2) is 18.5 Å². The number of aromatic nitrogens is 3. The fourth-order valence-electron chi connectivity index (χ4n) is 3.34. The first-order valence-corrected chi connectivity index (χ1v) is 9.38. The highest BCUT2D eigenvalue weighted by atomic mass is 16.6. The van der Waals surface area contributed by atoms with E-state index in [1.165, 1.54) is 17.8 Å². The van der Waals surface area contributed by atoms with Crippen LogP contribution in [0.25, 0.3) is 5.52 Å². The van der Waals surface area contributed by atoms with Gasteiger partial charge in [0.25, 0.3) is 0 Å². The number of nitrogens with two attached hydrogens (primary N) is 1. The van der Waals surface area contributed by atoms with E-state index in [-0.39, 0.29) is 18.8 Å². The van der Waals surface area contributed by atoms with Crippen molar-refractivity contribution in [1.29, 1.82) is 5.26 Å². The summed E-state index contributed by atoms with van der Waals surface area (Å²) in [6.45, 7) is 4.20. The first-order chi connectivity index (χ1) is 14.2. The van der Waals surface area contributed by atoms with Crippen molar-refractivity contribution < 1.29 is 28.9 Å². The molecule has 1 saturated heterocycles. The number of fused-ring (bicyclic) bond motifs is 1. The molecule has 2 aromatic rings. The molecule has 0 saturated carbocycles. The first-order valence-electron chi connectivity index (χ1n) is 9.38. The van der Waals surface area contributed by atoms with Crippen molar-refractivity contribution in [2.45, 2.75) is 51.1 Å². The van der Waals surface area contributed by atoms with Crippen LogP contribution in [0.1, 0.15) is 32.9 Å². The summed E-state index contributed by atoms with van der Waals surface area (Å²) in [4.78, 5) is 27.4. The number of nitrogen functional groups attached to an aromatic ring is 1. The lowest BCUT2D eigenvalue weighted by Gasteiger charge is -2.42. The number of aliphatic hydroxyl groups excluding tert-OH is 1. The normalized spacial score (nSPS) is 26.3. The Bertz CT molecular complexity index is 999. The van der Waals surface area contributed by atoms with Crippen LogP contribution in [-0.4, -0.2) is 56.6 Å². The van der Waals surface area contributed by atoms with Gasteiger partial charge in [-0.3, -0.25) is 9.59 Å². The Morgan fingerprint density at radius 3 is 2.87 bits per heavy atom. The molecule has 3 rings (SSSR count). The van der Waals surface area contributed by atoms with Crippen LogP contribution in [0.4, 0.5) is 5.82 Å². The van der Waals surface area contributed by atoms with Gasteiger partial charge >= 0.3 is 11.9 Å². The lowest BCUT2D eigenvalue weighted by Crippen LogP contribution is -2.56. The molecule has 3 N–H and O–H groups in total. The molecule has 0 spiro atoms. The van der Waals surface area contributed by atoms with E-state index in [1.54, 1.807) is 26.0 Å². The highest BCUT2D eigenvalue weighted by Gasteiger charge is 2.52. The maximum Gasteiger partial charge on any atom is 0.308 e. The van der Waals surface area contributed by atoms with Crippen molar-refractivity contribution >= 4 is 23.3 Å². The number of hydrogen-bond donors (Lipinski definition) is 2. The van der Waals surface area contributed by atoms with Crippen LogP contribution in [0.2, 0.25) is 0 Å². The largest absolute Gasteiger partial charge is 0.463 e. The predicted octanol–water partition coefficient (Wildman–Crippen LogP) is 0.311. The summed E-state index contributed by atoms with van der Waals surface area (Å²) >= 11 is 0. The molecule has 30 heavy (non-hydrogen) atoms. The second-order valence-corrected chi connectivity index (χ2v) is 7.39. The molecule has 11 nitrogen and oxygen atoms in total. The Morgan fingerprint density at radius 1 is 1.50 bits per heavy atom. The number of nitrogens with zero attached hydrogens (tertiary/aromatic N) is 4. The van der Waals surface area contributed by atoms with E-state index in [2.05, 4.69) is 16.2 Å². The zero-order valence-electron chi connectivity index (χ0n) is 16.8. The maximum absolute atomic E-state index is 12.1. The minimum Gasteiger partial charge on any atom is -0.463 e. The Labute approximate surface area is 172 Å². The van der Waals surface area contributed by atoms with Crippen molar-refractivity contribution in [2.75, 3.05) is 12.3 Å². The number of esters is 2. The summed E-state index contributed by atoms with van der Waals surface area (Å²) in [6.07, 6.45) is -2.42. The Morgan fingerprint density at radius 2 is 2.23 bits per heavy atom. The lowest BCUT2D eigenvalue weighted by molar-refractivity contribution is -0.228. The molecule has 0 radical (unpaired) electrons. The van der Waals surface area contributed by atoms with E-state index >= 15 is 0 Å². The first kappa shape index (κ1) is 21.5. The molecule has 0 bridgehead atoms. The van der Waals surface area contributed by atoms with Gasteiger partial charge in [-0.1, -0.05) is 13.8 Å². The smallest absolute Gasteiger partial charge is 0.308 e. The third-order valence-electron chi connectivity index (χ3n) is 4.85. The molecular weight excluding hydrogens is 394 g/mol. The molecule has 160 valence electrons. The van der Waals surface area contributed by atoms with Gasteiger partial charge in [0.1, 0.15) is 30.6 Å². The van der Waals surface area contributed by atoms with E-state index in [1.807, 2.05) is 0 Å². The maximum atomic E-state index is 12.1. The van der Waals surface area contributed by atoms with Gasteiger partial charge < -0.3 is 25.1 Å². The number of ether oxygens (including phenoxy) is 3. The molecule has 11 heteroatoms. The van der Waals surface area contributed by atoms with Crippen LogP contribution in [0, 0.1) is 17.2 Å². The number of carbonyl (C=O) groups excluding carboxylic acids is 2. The van der Waals surface area contributed by atoms with Gasteiger partial charge in [-0.05, 0) is 12.1 Å². The molecule has 0 amide bonds. The van der Waals surface area contributed by atoms with Crippen LogP contribution in [0.5, 0.6) is 0 Å². The van der Waals surface area contributed by atoms with E-state index in [4.69, 9.17) is 19.9 Å². The van der Waals surface area contributed by atoms with Crippen molar-refractivity contribution in [3.05, 3.63) is 24.2 Å². The lowest BCUT2D eigenvalue weighted by atomic mass is 9.86. The number of hydrogen-bond acceptors (Lipinski definition) is 10. The van der Waals surface area contributed by atoms with Gasteiger partial charge in [0.2, 0.25) is 0 Å². The second kappa shape index (κ2) is 8.25. The third kappa shape index (κ3) is 3.92. The van der Waals surface area contributed by atoms with Gasteiger partial charge in [-0.15, -0.1) is 0 Å². The average Bonchev–Trinajstić information content (AvgIpc) is 3.14. The summed E-state index contributed by atoms with van der Waals surface area (Å²) in [5, 5.41) is 25.0. The molecule has 1 fully saturated rings. The Balaban J connectivity index is 2.00. The van der Waals surface area contributed by atoms with Gasteiger partial charge in [0, 0.05) is 13.3 Å². The fourth-order valence-corrected chi connectivity index (χ4v) is 3.34. The molecule has 1 aliphatic heterocycles. The molecule has 0 unspecified atom stereocenters. The number of anilines is 1. The van der Waals surface area contributed by atoms with E-state index in [9.17, 15) is 20.0 Å². The van der Waals surface area contributed by atoms with Crippen LogP contribution in [0.3, 0.4) is 0 Å². The van der Waals surface area contributed by atoms with Gasteiger partial charge in [0.05, 0.1) is 17.7 Å². The second-order valence-electron chi connectivity index (χ2n) is 7.39. The fraction of sp³-hybridized carbons (Fsp3) is 0.526. The minimum atomic E-state index is -1.65. The molecule has 2 aromatic heterocycles. The van der Waals surface area contributed by atoms with Crippen LogP contribution < -0.4 is 5.73 Å². The van der Waals surface area contributed by atoms with Crippen molar-refractivity contribution in [1.82, 2.24) is 14.6 Å². The number of nitriles is 1. The Hall–Kier alpha value is -3.23. The topological polar surface area (TPSA) is 162 Å². The highest BCUT2D eigenvalue weighted by Crippen LogP contribution is 2.39. The van der Waals surface area contributed by atoms with Gasteiger partial charge in [-0.2, -0.15) is 10.4 Å². The molecular formula is C19H23N5O6. The summed E-state index contributed by atoms with van der Waals surface area (Å²) in [6, 6.07) is 5.32. The Kier molecular flexibility index (Phi) is 5.91. The van der Waals surface area contributed by atoms with E-state index in [0.717, 1.165) is 0 Å². The van der Waals surface area contributed by atoms with E-state index < -0.39 is 41.8 Å². The standard InChI is InChI=1S/C19H23N5O6/c1-10(2)18(27)29-16-13(26)6-19(8-20,30-14(16)7-28-11(3)25)15-5-4-12-17(21)22-9-23-24(12)15/h4-5,9-10,13-14,16,26H,6-7H2,1-3H3,(H2,21,22,23)/t13-,14+,16-,19-/m0/s1. The number of carbonyl (C=O) groups is 2. The number of aliphatic hydroxyl groups is 1. The zero-order valence-corrected chi connectivity index (χ0v) is 16.8. The van der Waals surface area contributed by atoms with Crippen molar-refractivity contribution in [2.24, 2.45) is 5.92 Å². The molecule has 1 aliphatic rings. The molecule has 3 heterocycles. The molecule has 0 aliphatic carbocycles. The van der Waals surface area contributed by atoms with Crippen LogP contribution in [-0.2, 0) is 29.4 Å². The third-order valence-corrected chi connectivity index (χ3v) is 4.85. The van der Waals surface area contributed by atoms with Crippen molar-refractivity contribution in [3.63, 3.8) is 0 Å². The van der Waals surface area contributed by atoms with Crippen molar-refractivity contribution in [3.8, 4) is 6.07 Å². The summed E-state index contributed by atoms with van der Waals surface area (Å²) < 4.78 is 17.9. The van der Waals surface area contributed by atoms with Gasteiger partial charge in [0.15, 0.2) is 17.5 Å². The van der Waals surface area contributed by atoms with Crippen LogP contribution >= 0.6 is 0 Å². The average molecular weight is 417 g/mol. The minimum absolute atomic E-state index is 0.202. The summed E-state index contributed by atoms with van der Waals surface area (Å²) in [7, 11) is 0. The predicted molar refractivity (Wildman–Crippen MR) is 102 cm³/mol. The number of rotatable bonds is 5. The van der Waals surface area contributed by atoms with E-state index in [0.29, 0.717) is 11.2 Å². The monoisotopic (exact) mass is 417 g/mol. The summed E-state index contributed by atoms with van der Waals surface area (Å²) in [5.74, 6) is -1.36.